The van der Waals surface area contributed by atoms with Crippen molar-refractivity contribution in [2.75, 3.05) is 13.2 Å². The normalized spacial score (nSPS) is 12.7. The van der Waals surface area contributed by atoms with Gasteiger partial charge in [0.15, 0.2) is 0 Å². The Morgan fingerprint density at radius 1 is 1.23 bits per heavy atom. The zero-order chi connectivity index (χ0) is 16.9. The van der Waals surface area contributed by atoms with E-state index >= 15 is 0 Å². The minimum absolute atomic E-state index is 0.114. The van der Waals surface area contributed by atoms with Gasteiger partial charge in [-0.1, -0.05) is 32.9 Å². The highest BCUT2D eigenvalue weighted by Gasteiger charge is 2.17. The highest BCUT2D eigenvalue weighted by Crippen LogP contribution is 2.31. The summed E-state index contributed by atoms with van der Waals surface area (Å²) in [7, 11) is 0. The fraction of sp³-hybridized carbons (Fsp3) is 0.611. The lowest BCUT2D eigenvalue weighted by atomic mass is 9.85. The summed E-state index contributed by atoms with van der Waals surface area (Å²) in [6.45, 7) is 15.3. The minimum atomic E-state index is -0.407. The van der Waals surface area contributed by atoms with E-state index in [9.17, 15) is 4.79 Å². The number of carbonyl (C=O) groups is 1. The van der Waals surface area contributed by atoms with Gasteiger partial charge in [0, 0.05) is 6.54 Å². The molecule has 1 atom stereocenters. The Kier molecular flexibility index (Phi) is 6.27. The lowest BCUT2D eigenvalue weighted by Crippen LogP contribution is -2.30. The van der Waals surface area contributed by atoms with Crippen LogP contribution in [0.15, 0.2) is 12.1 Å². The topological polar surface area (TPSA) is 47.6 Å². The first-order chi connectivity index (χ1) is 10.1. The molecule has 4 heteroatoms. The summed E-state index contributed by atoms with van der Waals surface area (Å²) in [5.74, 6) is 0.874. The minimum Gasteiger partial charge on any atom is -0.489 e. The number of nitrogens with one attached hydrogen (secondary N) is 1. The van der Waals surface area contributed by atoms with Gasteiger partial charge in [0.2, 0.25) is 0 Å². The molecule has 0 aliphatic rings. The van der Waals surface area contributed by atoms with Crippen LogP contribution in [0.5, 0.6) is 5.75 Å². The van der Waals surface area contributed by atoms with Crippen LogP contribution < -0.4 is 10.1 Å². The molecule has 124 valence electrons. The zero-order valence-electron chi connectivity index (χ0n) is 14.9. The molecule has 0 heterocycles. The van der Waals surface area contributed by atoms with E-state index < -0.39 is 6.09 Å². The average molecular weight is 307 g/mol. The first kappa shape index (κ1) is 18.3. The van der Waals surface area contributed by atoms with Crippen LogP contribution >= 0.6 is 0 Å². The van der Waals surface area contributed by atoms with E-state index in [1.54, 1.807) is 0 Å². The van der Waals surface area contributed by atoms with E-state index in [-0.39, 0.29) is 11.5 Å². The molecule has 1 aromatic rings. The van der Waals surface area contributed by atoms with E-state index in [4.69, 9.17) is 9.47 Å². The van der Waals surface area contributed by atoms with Gasteiger partial charge < -0.3 is 14.8 Å². The fourth-order valence-corrected chi connectivity index (χ4v) is 2.21. The number of hydrogen-bond donors (Lipinski definition) is 1. The van der Waals surface area contributed by atoms with E-state index in [2.05, 4.69) is 38.2 Å². The Labute approximate surface area is 134 Å². The van der Waals surface area contributed by atoms with Gasteiger partial charge in [-0.25, -0.2) is 4.79 Å². The SMILES string of the molecule is CCNC(=O)OC(C)COc1c(C)cc(C(C)(C)C)cc1C. The van der Waals surface area contributed by atoms with Crippen LogP contribution in [0.25, 0.3) is 0 Å². The quantitative estimate of drug-likeness (QED) is 0.890. The van der Waals surface area contributed by atoms with E-state index in [1.807, 2.05) is 27.7 Å². The monoisotopic (exact) mass is 307 g/mol. The Morgan fingerprint density at radius 2 is 1.77 bits per heavy atom. The molecule has 1 N–H and O–H groups in total. The van der Waals surface area contributed by atoms with Crippen molar-refractivity contribution in [3.05, 3.63) is 28.8 Å². The predicted molar refractivity (Wildman–Crippen MR) is 89.7 cm³/mol. The van der Waals surface area contributed by atoms with Crippen LogP contribution in [0, 0.1) is 13.8 Å². The third-order valence-electron chi connectivity index (χ3n) is 3.42. The number of aryl methyl sites for hydroxylation is 2. The molecule has 0 aliphatic carbocycles. The molecule has 0 fully saturated rings. The molecule has 4 nitrogen and oxygen atoms in total. The van der Waals surface area contributed by atoms with Crippen molar-refractivity contribution in [3.63, 3.8) is 0 Å². The van der Waals surface area contributed by atoms with E-state index in [1.165, 1.54) is 5.56 Å². The number of ether oxygens (including phenoxy) is 2. The number of carbonyl (C=O) groups excluding carboxylic acids is 1. The van der Waals surface area contributed by atoms with Crippen molar-refractivity contribution in [1.29, 1.82) is 0 Å². The molecule has 0 saturated heterocycles. The molecule has 0 aromatic heterocycles. The summed E-state index contributed by atoms with van der Waals surface area (Å²) in [6, 6.07) is 4.33. The second-order valence-electron chi connectivity index (χ2n) is 6.75. The Bertz CT molecular complexity index is 495. The van der Waals surface area contributed by atoms with Crippen LogP contribution in [0.1, 0.15) is 51.3 Å². The maximum atomic E-state index is 11.4. The summed E-state index contributed by atoms with van der Waals surface area (Å²) in [5, 5.41) is 2.60. The predicted octanol–water partition coefficient (Wildman–Crippen LogP) is 4.11. The van der Waals surface area contributed by atoms with E-state index in [0.717, 1.165) is 16.9 Å². The van der Waals surface area contributed by atoms with Gasteiger partial charge >= 0.3 is 6.09 Å². The second-order valence-corrected chi connectivity index (χ2v) is 6.75. The molecule has 1 amide bonds. The number of alkyl carbamates (subject to hydrolysis) is 1. The second kappa shape index (κ2) is 7.52. The molecular formula is C18H29NO3. The van der Waals surface area contributed by atoms with Gasteiger partial charge in [0.1, 0.15) is 18.5 Å². The molecular weight excluding hydrogens is 278 g/mol. The number of amides is 1. The maximum Gasteiger partial charge on any atom is 0.407 e. The molecule has 1 aromatic carbocycles. The first-order valence-corrected chi connectivity index (χ1v) is 7.84. The first-order valence-electron chi connectivity index (χ1n) is 7.84. The summed E-state index contributed by atoms with van der Waals surface area (Å²) in [6.07, 6.45) is -0.706. The summed E-state index contributed by atoms with van der Waals surface area (Å²) >= 11 is 0. The molecule has 0 spiro atoms. The summed E-state index contributed by atoms with van der Waals surface area (Å²) in [5.41, 5.74) is 3.62. The number of benzene rings is 1. The Balaban J connectivity index is 2.73. The molecule has 22 heavy (non-hydrogen) atoms. The maximum absolute atomic E-state index is 11.4. The molecule has 0 bridgehead atoms. The van der Waals surface area contributed by atoms with Crippen LogP contribution in [0.4, 0.5) is 4.79 Å². The highest BCUT2D eigenvalue weighted by molar-refractivity contribution is 5.67. The standard InChI is InChI=1S/C18H29NO3/c1-8-19-17(20)22-14(4)11-21-16-12(2)9-15(10-13(16)3)18(5,6)7/h9-10,14H,8,11H2,1-7H3,(H,19,20). The number of hydrogen-bond acceptors (Lipinski definition) is 3. The smallest absolute Gasteiger partial charge is 0.407 e. The van der Waals surface area contributed by atoms with Crippen molar-refractivity contribution in [2.45, 2.75) is 60.0 Å². The van der Waals surface area contributed by atoms with Gasteiger partial charge in [-0.3, -0.25) is 0 Å². The van der Waals surface area contributed by atoms with Gasteiger partial charge in [-0.05, 0) is 49.8 Å². The lowest BCUT2D eigenvalue weighted by Gasteiger charge is -2.23. The third kappa shape index (κ3) is 5.24. The molecule has 0 saturated carbocycles. The number of rotatable bonds is 5. The van der Waals surface area contributed by atoms with E-state index in [0.29, 0.717) is 13.2 Å². The largest absolute Gasteiger partial charge is 0.489 e. The van der Waals surface area contributed by atoms with Gasteiger partial charge in [0.25, 0.3) is 0 Å². The molecule has 1 unspecified atom stereocenters. The van der Waals surface area contributed by atoms with Crippen molar-refractivity contribution >= 4 is 6.09 Å². The molecule has 0 aliphatic heterocycles. The summed E-state index contributed by atoms with van der Waals surface area (Å²) < 4.78 is 11.1. The Hall–Kier alpha value is -1.71. The van der Waals surface area contributed by atoms with Gasteiger partial charge in [-0.15, -0.1) is 0 Å². The van der Waals surface area contributed by atoms with Crippen LogP contribution in [-0.4, -0.2) is 25.3 Å². The van der Waals surface area contributed by atoms with Crippen molar-refractivity contribution in [3.8, 4) is 5.75 Å². The average Bonchev–Trinajstić information content (AvgIpc) is 2.36. The van der Waals surface area contributed by atoms with Gasteiger partial charge in [-0.2, -0.15) is 0 Å². The third-order valence-corrected chi connectivity index (χ3v) is 3.42. The van der Waals surface area contributed by atoms with Crippen molar-refractivity contribution in [2.24, 2.45) is 0 Å². The zero-order valence-corrected chi connectivity index (χ0v) is 14.9. The van der Waals surface area contributed by atoms with Crippen LogP contribution in [0.3, 0.4) is 0 Å². The Morgan fingerprint density at radius 3 is 2.23 bits per heavy atom. The summed E-state index contributed by atoms with van der Waals surface area (Å²) in [4.78, 5) is 11.4. The van der Waals surface area contributed by atoms with Crippen molar-refractivity contribution in [1.82, 2.24) is 5.32 Å². The van der Waals surface area contributed by atoms with Crippen LogP contribution in [-0.2, 0) is 10.2 Å². The molecule has 0 radical (unpaired) electrons. The molecule has 1 rings (SSSR count). The lowest BCUT2D eigenvalue weighted by molar-refractivity contribution is 0.0754. The fourth-order valence-electron chi connectivity index (χ4n) is 2.21. The highest BCUT2D eigenvalue weighted by atomic mass is 16.6. The van der Waals surface area contributed by atoms with Crippen LogP contribution in [0.2, 0.25) is 0 Å². The van der Waals surface area contributed by atoms with Gasteiger partial charge in [0.05, 0.1) is 0 Å². The van der Waals surface area contributed by atoms with Crippen molar-refractivity contribution < 1.29 is 14.3 Å².